The third-order valence-corrected chi connectivity index (χ3v) is 5.17. The Morgan fingerprint density at radius 1 is 1.19 bits per heavy atom. The number of benzene rings is 2. The SMILES string of the molecule is CCCCN1C(=O)C(O)(CC(=O)c2ccc(Cl)cc2Cl)c2ccccc21. The number of ketones is 1. The quantitative estimate of drug-likeness (QED) is 0.731. The van der Waals surface area contributed by atoms with Crippen molar-refractivity contribution in [1.29, 1.82) is 0 Å². The summed E-state index contributed by atoms with van der Waals surface area (Å²) in [4.78, 5) is 27.3. The number of rotatable bonds is 6. The number of Topliss-reactive ketones (excluding diaryl/α,β-unsaturated/α-hetero) is 1. The molecule has 26 heavy (non-hydrogen) atoms. The Kier molecular flexibility index (Phi) is 5.37. The van der Waals surface area contributed by atoms with Gasteiger partial charge in [-0.2, -0.15) is 0 Å². The minimum absolute atomic E-state index is 0.202. The molecular weight excluding hydrogens is 373 g/mol. The molecule has 0 saturated carbocycles. The number of anilines is 1. The van der Waals surface area contributed by atoms with Crippen LogP contribution in [0.15, 0.2) is 42.5 Å². The normalized spacial score (nSPS) is 18.9. The van der Waals surface area contributed by atoms with Gasteiger partial charge in [-0.1, -0.05) is 54.7 Å². The molecule has 136 valence electrons. The number of nitrogens with zero attached hydrogens (tertiary/aromatic N) is 1. The van der Waals surface area contributed by atoms with E-state index in [4.69, 9.17) is 23.2 Å². The molecule has 1 aliphatic rings. The first-order valence-corrected chi connectivity index (χ1v) is 9.26. The van der Waals surface area contributed by atoms with Crippen LogP contribution in [0.25, 0.3) is 0 Å². The molecule has 2 aromatic carbocycles. The summed E-state index contributed by atoms with van der Waals surface area (Å²) in [6, 6.07) is 11.6. The second-order valence-electron chi connectivity index (χ2n) is 6.41. The first kappa shape index (κ1) is 18.9. The van der Waals surface area contributed by atoms with Gasteiger partial charge >= 0.3 is 0 Å². The van der Waals surface area contributed by atoms with Crippen LogP contribution in [0.3, 0.4) is 0 Å². The Bertz CT molecular complexity index is 868. The first-order chi connectivity index (χ1) is 12.4. The molecule has 0 radical (unpaired) electrons. The fourth-order valence-electron chi connectivity index (χ4n) is 3.26. The van der Waals surface area contributed by atoms with Gasteiger partial charge in [-0.15, -0.1) is 0 Å². The second kappa shape index (κ2) is 7.39. The third-order valence-electron chi connectivity index (χ3n) is 4.62. The Balaban J connectivity index is 1.95. The number of hydrogen-bond acceptors (Lipinski definition) is 3. The van der Waals surface area contributed by atoms with Crippen molar-refractivity contribution in [2.45, 2.75) is 31.8 Å². The standard InChI is InChI=1S/C20H19Cl2NO3/c1-2-3-10-23-17-7-5-4-6-15(17)20(26,19(23)25)12-18(24)14-9-8-13(21)11-16(14)22/h4-9,11,26H,2-3,10,12H2,1H3. The second-order valence-corrected chi connectivity index (χ2v) is 7.26. The van der Waals surface area contributed by atoms with Crippen LogP contribution in [-0.4, -0.2) is 23.3 Å². The maximum Gasteiger partial charge on any atom is 0.264 e. The zero-order valence-electron chi connectivity index (χ0n) is 14.3. The highest BCUT2D eigenvalue weighted by atomic mass is 35.5. The summed E-state index contributed by atoms with van der Waals surface area (Å²) in [7, 11) is 0. The number of aliphatic hydroxyl groups is 1. The van der Waals surface area contributed by atoms with E-state index < -0.39 is 17.3 Å². The molecule has 1 atom stereocenters. The molecule has 0 spiro atoms. The lowest BCUT2D eigenvalue weighted by atomic mass is 9.88. The smallest absolute Gasteiger partial charge is 0.264 e. The van der Waals surface area contributed by atoms with Gasteiger partial charge in [0, 0.05) is 22.7 Å². The van der Waals surface area contributed by atoms with Crippen molar-refractivity contribution < 1.29 is 14.7 Å². The molecule has 1 aliphatic heterocycles. The minimum atomic E-state index is -1.88. The zero-order chi connectivity index (χ0) is 18.9. The van der Waals surface area contributed by atoms with Gasteiger partial charge < -0.3 is 10.0 Å². The molecule has 0 bridgehead atoms. The number of halogens is 2. The summed E-state index contributed by atoms with van der Waals surface area (Å²) in [5.74, 6) is -0.875. The largest absolute Gasteiger partial charge is 0.375 e. The fraction of sp³-hybridized carbons (Fsp3) is 0.300. The fourth-order valence-corrected chi connectivity index (χ4v) is 3.77. The number of amides is 1. The van der Waals surface area contributed by atoms with Crippen LogP contribution in [0.5, 0.6) is 0 Å². The van der Waals surface area contributed by atoms with Crippen molar-refractivity contribution in [3.8, 4) is 0 Å². The lowest BCUT2D eigenvalue weighted by Gasteiger charge is -2.23. The summed E-state index contributed by atoms with van der Waals surface area (Å²) in [5, 5.41) is 11.8. The van der Waals surface area contributed by atoms with Crippen LogP contribution in [0.2, 0.25) is 10.0 Å². The Labute approximate surface area is 162 Å². The van der Waals surface area contributed by atoms with E-state index in [1.54, 1.807) is 29.2 Å². The average molecular weight is 392 g/mol. The maximum atomic E-state index is 13.0. The molecule has 0 aliphatic carbocycles. The molecule has 2 aromatic rings. The Hall–Kier alpha value is -1.88. The van der Waals surface area contributed by atoms with Crippen molar-refractivity contribution >= 4 is 40.6 Å². The molecule has 1 heterocycles. The van der Waals surface area contributed by atoms with Gasteiger partial charge in [0.2, 0.25) is 0 Å². The number of hydrogen-bond donors (Lipinski definition) is 1. The average Bonchev–Trinajstić information content (AvgIpc) is 2.81. The van der Waals surface area contributed by atoms with Gasteiger partial charge in [0.15, 0.2) is 11.4 Å². The van der Waals surface area contributed by atoms with Crippen LogP contribution in [0, 0.1) is 0 Å². The molecule has 4 nitrogen and oxygen atoms in total. The molecule has 0 fully saturated rings. The maximum absolute atomic E-state index is 13.0. The Morgan fingerprint density at radius 3 is 2.62 bits per heavy atom. The summed E-state index contributed by atoms with van der Waals surface area (Å²) in [5.41, 5.74) is -0.533. The predicted octanol–water partition coefficient (Wildman–Crippen LogP) is 4.60. The van der Waals surface area contributed by atoms with Crippen LogP contribution >= 0.6 is 23.2 Å². The summed E-state index contributed by atoms with van der Waals surface area (Å²) >= 11 is 12.0. The summed E-state index contributed by atoms with van der Waals surface area (Å²) < 4.78 is 0. The van der Waals surface area contributed by atoms with E-state index in [-0.39, 0.29) is 17.0 Å². The molecule has 0 saturated heterocycles. The van der Waals surface area contributed by atoms with E-state index in [2.05, 4.69) is 0 Å². The highest BCUT2D eigenvalue weighted by Crippen LogP contribution is 2.43. The van der Waals surface area contributed by atoms with Crippen LogP contribution in [0.4, 0.5) is 5.69 Å². The van der Waals surface area contributed by atoms with Gasteiger partial charge in [0.05, 0.1) is 17.1 Å². The van der Waals surface area contributed by atoms with Gasteiger partial charge in [-0.3, -0.25) is 9.59 Å². The lowest BCUT2D eigenvalue weighted by Crippen LogP contribution is -2.42. The van der Waals surface area contributed by atoms with E-state index in [9.17, 15) is 14.7 Å². The van der Waals surface area contributed by atoms with Gasteiger partial charge in [-0.05, 0) is 30.7 Å². The number of fused-ring (bicyclic) bond motifs is 1. The van der Waals surface area contributed by atoms with Crippen molar-refractivity contribution in [1.82, 2.24) is 0 Å². The van der Waals surface area contributed by atoms with Crippen LogP contribution in [-0.2, 0) is 10.4 Å². The van der Waals surface area contributed by atoms with E-state index in [0.717, 1.165) is 12.8 Å². The van der Waals surface area contributed by atoms with Gasteiger partial charge in [0.1, 0.15) is 0 Å². The molecule has 1 amide bonds. The molecule has 1 N–H and O–H groups in total. The highest BCUT2D eigenvalue weighted by Gasteiger charge is 2.50. The third kappa shape index (κ3) is 3.25. The van der Waals surface area contributed by atoms with Crippen molar-refractivity contribution in [3.63, 3.8) is 0 Å². The van der Waals surface area contributed by atoms with Crippen LogP contribution < -0.4 is 4.90 Å². The van der Waals surface area contributed by atoms with Gasteiger partial charge in [0.25, 0.3) is 5.91 Å². The monoisotopic (exact) mass is 391 g/mol. The van der Waals surface area contributed by atoms with Gasteiger partial charge in [-0.25, -0.2) is 0 Å². The molecular formula is C20H19Cl2NO3. The summed E-state index contributed by atoms with van der Waals surface area (Å²) in [6.45, 7) is 2.54. The minimum Gasteiger partial charge on any atom is -0.375 e. The zero-order valence-corrected chi connectivity index (χ0v) is 15.8. The van der Waals surface area contributed by atoms with E-state index in [1.165, 1.54) is 12.1 Å². The number of carbonyl (C=O) groups is 2. The topological polar surface area (TPSA) is 57.6 Å². The molecule has 0 aromatic heterocycles. The molecule has 3 rings (SSSR count). The predicted molar refractivity (Wildman–Crippen MR) is 103 cm³/mol. The number of carbonyl (C=O) groups excluding carboxylic acids is 2. The van der Waals surface area contributed by atoms with Crippen LogP contribution in [0.1, 0.15) is 42.1 Å². The summed E-state index contributed by atoms with van der Waals surface area (Å²) in [6.07, 6.45) is 1.36. The Morgan fingerprint density at radius 2 is 1.92 bits per heavy atom. The number of para-hydroxylation sites is 1. The van der Waals surface area contributed by atoms with Crippen molar-refractivity contribution in [2.24, 2.45) is 0 Å². The van der Waals surface area contributed by atoms with E-state index in [1.807, 2.05) is 13.0 Å². The lowest BCUT2D eigenvalue weighted by molar-refractivity contribution is -0.135. The molecule has 1 unspecified atom stereocenters. The van der Waals surface area contributed by atoms with E-state index in [0.29, 0.717) is 22.8 Å². The highest BCUT2D eigenvalue weighted by molar-refractivity contribution is 6.37. The van der Waals surface area contributed by atoms with Crippen molar-refractivity contribution in [3.05, 3.63) is 63.6 Å². The first-order valence-electron chi connectivity index (χ1n) is 8.50. The van der Waals surface area contributed by atoms with E-state index >= 15 is 0 Å². The molecule has 6 heteroatoms. The van der Waals surface area contributed by atoms with Crippen molar-refractivity contribution in [2.75, 3.05) is 11.4 Å². The number of unbranched alkanes of at least 4 members (excludes halogenated alkanes) is 1.